The Kier molecular flexibility index (Phi) is 5.77. The minimum Gasteiger partial charge on any atom is -0.493 e. The number of hydrogen-bond donors (Lipinski definition) is 1. The van der Waals surface area contributed by atoms with Gasteiger partial charge >= 0.3 is 0 Å². The van der Waals surface area contributed by atoms with Crippen LogP contribution >= 0.6 is 47.2 Å². The lowest BCUT2D eigenvalue weighted by Gasteiger charge is -2.14. The van der Waals surface area contributed by atoms with Crippen LogP contribution in [-0.2, 0) is 4.79 Å². The molecule has 2 aromatic carbocycles. The summed E-state index contributed by atoms with van der Waals surface area (Å²) >= 11 is 18.7. The molecule has 1 aliphatic rings. The number of methoxy groups -OCH3 is 2. The summed E-state index contributed by atoms with van der Waals surface area (Å²) < 4.78 is 11.4. The first-order valence-electron chi connectivity index (χ1n) is 7.39. The molecule has 26 heavy (non-hydrogen) atoms. The van der Waals surface area contributed by atoms with Gasteiger partial charge in [0.1, 0.15) is 4.32 Å². The van der Waals surface area contributed by atoms with Crippen LogP contribution in [0.15, 0.2) is 35.2 Å². The molecule has 1 N–H and O–H groups in total. The van der Waals surface area contributed by atoms with Crippen molar-refractivity contribution in [3.63, 3.8) is 0 Å². The first-order valence-corrected chi connectivity index (χ1v) is 9.37. The van der Waals surface area contributed by atoms with Crippen molar-refractivity contribution < 1.29 is 14.3 Å². The predicted octanol–water partition coefficient (Wildman–Crippen LogP) is 5.17. The van der Waals surface area contributed by atoms with Gasteiger partial charge in [-0.15, -0.1) is 0 Å². The highest BCUT2D eigenvalue weighted by Crippen LogP contribution is 2.41. The van der Waals surface area contributed by atoms with Crippen molar-refractivity contribution in [3.8, 4) is 22.6 Å². The molecule has 4 nitrogen and oxygen atoms in total. The van der Waals surface area contributed by atoms with Gasteiger partial charge in [-0.3, -0.25) is 4.79 Å². The van der Waals surface area contributed by atoms with E-state index < -0.39 is 0 Å². The number of ether oxygens (including phenoxy) is 2. The Labute approximate surface area is 170 Å². The van der Waals surface area contributed by atoms with Gasteiger partial charge in [0, 0.05) is 21.2 Å². The molecule has 3 rings (SSSR count). The van der Waals surface area contributed by atoms with E-state index in [1.54, 1.807) is 38.5 Å². The standard InChI is InChI=1S/C18H13Cl2NO3S2/c1-23-14-6-9(12-8-11(19)3-4-13(12)20)5-10(16(14)24-2)7-15-17(22)21-18(25)26-15/h3-8H,1-2H3,(H,21,22,25). The minimum absolute atomic E-state index is 0.243. The van der Waals surface area contributed by atoms with Crippen molar-refractivity contribution in [2.24, 2.45) is 0 Å². The van der Waals surface area contributed by atoms with E-state index in [-0.39, 0.29) is 5.91 Å². The van der Waals surface area contributed by atoms with Gasteiger partial charge in [0.15, 0.2) is 11.5 Å². The Morgan fingerprint density at radius 2 is 1.92 bits per heavy atom. The molecular formula is C18H13Cl2NO3S2. The molecule has 1 saturated heterocycles. The Hall–Kier alpha value is -1.73. The van der Waals surface area contributed by atoms with Crippen LogP contribution in [0.5, 0.6) is 11.5 Å². The number of carbonyl (C=O) groups excluding carboxylic acids is 1. The highest BCUT2D eigenvalue weighted by Gasteiger charge is 2.23. The molecule has 0 radical (unpaired) electrons. The van der Waals surface area contributed by atoms with Crippen molar-refractivity contribution in [1.82, 2.24) is 5.32 Å². The number of rotatable bonds is 4. The second-order valence-electron chi connectivity index (χ2n) is 5.28. The smallest absolute Gasteiger partial charge is 0.263 e. The third-order valence-corrected chi connectivity index (χ3v) is 5.40. The summed E-state index contributed by atoms with van der Waals surface area (Å²) in [6.07, 6.45) is 1.71. The maximum Gasteiger partial charge on any atom is 0.263 e. The average molecular weight is 426 g/mol. The summed E-state index contributed by atoms with van der Waals surface area (Å²) in [6.45, 7) is 0. The van der Waals surface area contributed by atoms with Crippen LogP contribution in [0.2, 0.25) is 10.0 Å². The molecule has 1 amide bonds. The van der Waals surface area contributed by atoms with E-state index in [0.717, 1.165) is 11.1 Å². The van der Waals surface area contributed by atoms with E-state index in [1.807, 2.05) is 12.1 Å². The van der Waals surface area contributed by atoms with Crippen LogP contribution in [0.4, 0.5) is 0 Å². The Balaban J connectivity index is 2.20. The summed E-state index contributed by atoms with van der Waals surface area (Å²) in [5.41, 5.74) is 2.20. The lowest BCUT2D eigenvalue weighted by Crippen LogP contribution is -2.17. The molecule has 0 aromatic heterocycles. The number of halogens is 2. The minimum atomic E-state index is -0.243. The molecule has 1 heterocycles. The Morgan fingerprint density at radius 3 is 2.54 bits per heavy atom. The molecular weight excluding hydrogens is 413 g/mol. The first-order chi connectivity index (χ1) is 12.4. The molecule has 1 aliphatic heterocycles. The fourth-order valence-electron chi connectivity index (χ4n) is 2.54. The van der Waals surface area contributed by atoms with E-state index in [9.17, 15) is 4.79 Å². The lowest BCUT2D eigenvalue weighted by atomic mass is 10.0. The maximum absolute atomic E-state index is 12.0. The zero-order valence-corrected chi connectivity index (χ0v) is 16.9. The van der Waals surface area contributed by atoms with Gasteiger partial charge in [-0.1, -0.05) is 47.2 Å². The van der Waals surface area contributed by atoms with E-state index >= 15 is 0 Å². The fourth-order valence-corrected chi connectivity index (χ4v) is 3.97. The molecule has 134 valence electrons. The summed E-state index contributed by atoms with van der Waals surface area (Å²) in [5.74, 6) is 0.777. The second kappa shape index (κ2) is 7.88. The SMILES string of the molecule is COc1cc(-c2cc(Cl)ccc2Cl)cc(C=C2SC(=S)NC2=O)c1OC. The number of thioether (sulfide) groups is 1. The number of thiocarbonyl (C=S) groups is 1. The van der Waals surface area contributed by atoms with Crippen LogP contribution < -0.4 is 14.8 Å². The molecule has 0 saturated carbocycles. The number of hydrogen-bond acceptors (Lipinski definition) is 5. The van der Waals surface area contributed by atoms with E-state index in [4.69, 9.17) is 44.9 Å². The molecule has 0 unspecified atom stereocenters. The van der Waals surface area contributed by atoms with Crippen molar-refractivity contribution in [1.29, 1.82) is 0 Å². The molecule has 2 aromatic rings. The van der Waals surface area contributed by atoms with Gasteiger partial charge in [-0.05, 0) is 42.0 Å². The number of carbonyl (C=O) groups is 1. The summed E-state index contributed by atoms with van der Waals surface area (Å²) in [6, 6.07) is 8.89. The van der Waals surface area contributed by atoms with Gasteiger partial charge in [0.2, 0.25) is 0 Å². The Bertz CT molecular complexity index is 944. The van der Waals surface area contributed by atoms with Gasteiger partial charge < -0.3 is 14.8 Å². The van der Waals surface area contributed by atoms with E-state index in [1.165, 1.54) is 11.8 Å². The monoisotopic (exact) mass is 425 g/mol. The normalized spacial score (nSPS) is 15.3. The van der Waals surface area contributed by atoms with Gasteiger partial charge in [-0.25, -0.2) is 0 Å². The largest absolute Gasteiger partial charge is 0.493 e. The molecule has 8 heteroatoms. The van der Waals surface area contributed by atoms with Crippen LogP contribution in [0, 0.1) is 0 Å². The summed E-state index contributed by atoms with van der Waals surface area (Å²) in [7, 11) is 3.09. The van der Waals surface area contributed by atoms with Crippen molar-refractivity contribution in [2.45, 2.75) is 0 Å². The topological polar surface area (TPSA) is 47.6 Å². The zero-order valence-electron chi connectivity index (χ0n) is 13.8. The van der Waals surface area contributed by atoms with Crippen LogP contribution in [0.3, 0.4) is 0 Å². The quantitative estimate of drug-likeness (QED) is 0.540. The van der Waals surface area contributed by atoms with Crippen molar-refractivity contribution >= 4 is 63.5 Å². The third-order valence-electron chi connectivity index (χ3n) is 3.68. The number of amides is 1. The average Bonchev–Trinajstić information content (AvgIpc) is 2.93. The lowest BCUT2D eigenvalue weighted by molar-refractivity contribution is -0.115. The van der Waals surface area contributed by atoms with Gasteiger partial charge in [0.05, 0.1) is 19.1 Å². The van der Waals surface area contributed by atoms with Crippen LogP contribution in [0.1, 0.15) is 5.56 Å². The molecule has 1 fully saturated rings. The molecule has 0 aliphatic carbocycles. The van der Waals surface area contributed by atoms with E-state index in [0.29, 0.717) is 36.3 Å². The van der Waals surface area contributed by atoms with Crippen LogP contribution in [0.25, 0.3) is 17.2 Å². The maximum atomic E-state index is 12.0. The van der Waals surface area contributed by atoms with E-state index in [2.05, 4.69) is 5.32 Å². The highest BCUT2D eigenvalue weighted by molar-refractivity contribution is 8.26. The first kappa shape index (κ1) is 19.0. The van der Waals surface area contributed by atoms with Crippen molar-refractivity contribution in [2.75, 3.05) is 14.2 Å². The molecule has 0 bridgehead atoms. The number of nitrogens with one attached hydrogen (secondary N) is 1. The van der Waals surface area contributed by atoms with Crippen LogP contribution in [-0.4, -0.2) is 24.4 Å². The van der Waals surface area contributed by atoms with Gasteiger partial charge in [-0.2, -0.15) is 0 Å². The number of benzene rings is 2. The molecule has 0 spiro atoms. The highest BCUT2D eigenvalue weighted by atomic mass is 35.5. The van der Waals surface area contributed by atoms with Gasteiger partial charge in [0.25, 0.3) is 5.91 Å². The Morgan fingerprint density at radius 1 is 1.15 bits per heavy atom. The fraction of sp³-hybridized carbons (Fsp3) is 0.111. The van der Waals surface area contributed by atoms with Crippen molar-refractivity contribution in [3.05, 3.63) is 50.8 Å². The third kappa shape index (κ3) is 3.83. The summed E-state index contributed by atoms with van der Waals surface area (Å²) in [4.78, 5) is 12.5. The second-order valence-corrected chi connectivity index (χ2v) is 7.84. The predicted molar refractivity (Wildman–Crippen MR) is 111 cm³/mol. The summed E-state index contributed by atoms with van der Waals surface area (Å²) in [5, 5.41) is 3.71. The zero-order chi connectivity index (χ0) is 18.8. The molecule has 0 atom stereocenters.